The summed E-state index contributed by atoms with van der Waals surface area (Å²) in [5.74, 6) is 2.25. The average Bonchev–Trinajstić information content (AvgIpc) is 2.61. The largest absolute Gasteiger partial charge is 0.309 e. The normalized spacial score (nSPS) is 17.9. The predicted octanol–water partition coefficient (Wildman–Crippen LogP) is 2.17. The second-order valence-corrected chi connectivity index (χ2v) is 4.89. The molecule has 2 rings (SSSR count). The molecule has 6 heteroatoms. The van der Waals surface area contributed by atoms with Crippen LogP contribution in [0.15, 0.2) is 6.20 Å². The third-order valence-electron chi connectivity index (χ3n) is 2.75. The van der Waals surface area contributed by atoms with Crippen LogP contribution < -0.4 is 0 Å². The molecule has 1 saturated heterocycles. The van der Waals surface area contributed by atoms with Crippen molar-refractivity contribution in [2.75, 3.05) is 11.5 Å². The van der Waals surface area contributed by atoms with E-state index in [1.165, 1.54) is 6.20 Å². The van der Waals surface area contributed by atoms with Crippen molar-refractivity contribution < 1.29 is 4.92 Å². The van der Waals surface area contributed by atoms with Gasteiger partial charge in [0.2, 0.25) is 0 Å². The van der Waals surface area contributed by atoms with Gasteiger partial charge in [0.1, 0.15) is 11.9 Å². The van der Waals surface area contributed by atoms with Gasteiger partial charge in [0.05, 0.1) is 11.0 Å². The summed E-state index contributed by atoms with van der Waals surface area (Å²) in [6.07, 6.45) is 3.48. The molecule has 0 aromatic carbocycles. The van der Waals surface area contributed by atoms with Gasteiger partial charge in [0.25, 0.3) is 0 Å². The second-order valence-electron chi connectivity index (χ2n) is 3.66. The fourth-order valence-electron chi connectivity index (χ4n) is 1.89. The highest BCUT2D eigenvalue weighted by atomic mass is 32.2. The maximum Gasteiger partial charge on any atom is 0.309 e. The van der Waals surface area contributed by atoms with Gasteiger partial charge in [-0.25, -0.2) is 0 Å². The van der Waals surface area contributed by atoms with Crippen molar-refractivity contribution in [1.29, 1.82) is 0 Å². The summed E-state index contributed by atoms with van der Waals surface area (Å²) in [6.45, 7) is 1.77. The molecule has 0 aliphatic carbocycles. The van der Waals surface area contributed by atoms with Crippen LogP contribution in [0.2, 0.25) is 0 Å². The van der Waals surface area contributed by atoms with Crippen molar-refractivity contribution in [1.82, 2.24) is 9.78 Å². The minimum Gasteiger partial charge on any atom is -0.260 e. The van der Waals surface area contributed by atoms with E-state index >= 15 is 0 Å². The Kier molecular flexibility index (Phi) is 2.95. The molecule has 0 atom stereocenters. The molecular formula is C9H13N3O2S. The van der Waals surface area contributed by atoms with Crippen molar-refractivity contribution in [3.05, 3.63) is 22.0 Å². The van der Waals surface area contributed by atoms with Crippen LogP contribution in [0.4, 0.5) is 5.69 Å². The summed E-state index contributed by atoms with van der Waals surface area (Å²) in [7, 11) is 0. The van der Waals surface area contributed by atoms with E-state index in [9.17, 15) is 10.1 Å². The third kappa shape index (κ3) is 1.99. The van der Waals surface area contributed by atoms with Gasteiger partial charge in [-0.2, -0.15) is 16.9 Å². The van der Waals surface area contributed by atoms with Gasteiger partial charge >= 0.3 is 5.69 Å². The second kappa shape index (κ2) is 4.22. The van der Waals surface area contributed by atoms with Gasteiger partial charge in [-0.05, 0) is 31.3 Å². The van der Waals surface area contributed by atoms with Crippen molar-refractivity contribution in [2.45, 2.75) is 25.8 Å². The lowest BCUT2D eigenvalue weighted by atomic mass is 10.1. The lowest BCUT2D eigenvalue weighted by Gasteiger charge is -2.22. The minimum absolute atomic E-state index is 0.133. The van der Waals surface area contributed by atoms with E-state index in [0.29, 0.717) is 11.7 Å². The van der Waals surface area contributed by atoms with Crippen molar-refractivity contribution >= 4 is 17.4 Å². The first kappa shape index (κ1) is 10.5. The van der Waals surface area contributed by atoms with Crippen LogP contribution in [-0.2, 0) is 0 Å². The lowest BCUT2D eigenvalue weighted by Crippen LogP contribution is -2.17. The highest BCUT2D eigenvalue weighted by Crippen LogP contribution is 2.29. The van der Waals surface area contributed by atoms with Crippen LogP contribution in [0.1, 0.15) is 24.6 Å². The number of nitro groups is 1. The van der Waals surface area contributed by atoms with Crippen LogP contribution in [0, 0.1) is 17.0 Å². The standard InChI is InChI=1S/C9H13N3O2S/c1-7-9(12(13)14)6-10-11(7)8-2-4-15-5-3-8/h6,8H,2-5H2,1H3. The SMILES string of the molecule is Cc1c([N+](=O)[O-])cnn1C1CCSCC1. The molecule has 0 unspecified atom stereocenters. The molecule has 82 valence electrons. The minimum atomic E-state index is -0.365. The zero-order valence-electron chi connectivity index (χ0n) is 8.55. The number of aromatic nitrogens is 2. The summed E-state index contributed by atoms with van der Waals surface area (Å²) >= 11 is 1.94. The van der Waals surface area contributed by atoms with E-state index in [1.54, 1.807) is 6.92 Å². The molecule has 0 bridgehead atoms. The van der Waals surface area contributed by atoms with Gasteiger partial charge < -0.3 is 0 Å². The molecule has 1 aliphatic rings. The number of hydrogen-bond donors (Lipinski definition) is 0. The van der Waals surface area contributed by atoms with E-state index in [2.05, 4.69) is 5.10 Å². The molecule has 1 aliphatic heterocycles. The van der Waals surface area contributed by atoms with E-state index in [4.69, 9.17) is 0 Å². The monoisotopic (exact) mass is 227 g/mol. The highest BCUT2D eigenvalue weighted by molar-refractivity contribution is 7.99. The van der Waals surface area contributed by atoms with Gasteiger partial charge in [-0.3, -0.25) is 14.8 Å². The number of thioether (sulfide) groups is 1. The summed E-state index contributed by atoms with van der Waals surface area (Å²) in [5, 5.41) is 14.8. The Hall–Kier alpha value is -1.04. The highest BCUT2D eigenvalue weighted by Gasteiger charge is 2.23. The molecule has 0 amide bonds. The third-order valence-corrected chi connectivity index (χ3v) is 3.80. The maximum atomic E-state index is 10.7. The smallest absolute Gasteiger partial charge is 0.260 e. The van der Waals surface area contributed by atoms with Crippen LogP contribution >= 0.6 is 11.8 Å². The first-order valence-electron chi connectivity index (χ1n) is 4.96. The fraction of sp³-hybridized carbons (Fsp3) is 0.667. The molecule has 0 spiro atoms. The summed E-state index contributed by atoms with van der Waals surface area (Å²) in [6, 6.07) is 0.347. The molecule has 0 N–H and O–H groups in total. The Morgan fingerprint density at radius 2 is 2.27 bits per heavy atom. The van der Waals surface area contributed by atoms with Crippen LogP contribution in [0.3, 0.4) is 0 Å². The van der Waals surface area contributed by atoms with Gasteiger partial charge in [-0.15, -0.1) is 0 Å². The summed E-state index contributed by atoms with van der Waals surface area (Å²) in [5.41, 5.74) is 0.810. The van der Waals surface area contributed by atoms with E-state index in [-0.39, 0.29) is 10.6 Å². The van der Waals surface area contributed by atoms with Gasteiger partial charge in [0, 0.05) is 0 Å². The van der Waals surface area contributed by atoms with Crippen molar-refractivity contribution in [3.63, 3.8) is 0 Å². The average molecular weight is 227 g/mol. The first-order valence-corrected chi connectivity index (χ1v) is 6.12. The molecule has 1 fully saturated rings. The predicted molar refractivity (Wildman–Crippen MR) is 59.2 cm³/mol. The quantitative estimate of drug-likeness (QED) is 0.574. The summed E-state index contributed by atoms with van der Waals surface area (Å²) < 4.78 is 1.82. The molecule has 15 heavy (non-hydrogen) atoms. The van der Waals surface area contributed by atoms with Crippen molar-refractivity contribution in [2.24, 2.45) is 0 Å². The number of nitrogens with zero attached hydrogens (tertiary/aromatic N) is 3. The van der Waals surface area contributed by atoms with E-state index in [0.717, 1.165) is 24.3 Å². The van der Waals surface area contributed by atoms with Gasteiger partial charge in [0.15, 0.2) is 0 Å². The number of hydrogen-bond acceptors (Lipinski definition) is 4. The molecule has 0 saturated carbocycles. The first-order chi connectivity index (χ1) is 7.20. The van der Waals surface area contributed by atoms with Crippen LogP contribution in [0.5, 0.6) is 0 Å². The summed E-state index contributed by atoms with van der Waals surface area (Å²) in [4.78, 5) is 10.3. The van der Waals surface area contributed by atoms with Crippen molar-refractivity contribution in [3.8, 4) is 0 Å². The Balaban J connectivity index is 2.24. The number of rotatable bonds is 2. The van der Waals surface area contributed by atoms with Gasteiger partial charge in [-0.1, -0.05) is 0 Å². The van der Waals surface area contributed by atoms with E-state index < -0.39 is 0 Å². The Bertz CT molecular complexity index is 371. The fourth-order valence-corrected chi connectivity index (χ4v) is 2.97. The Morgan fingerprint density at radius 3 is 2.80 bits per heavy atom. The van der Waals surface area contributed by atoms with E-state index in [1.807, 2.05) is 16.4 Å². The topological polar surface area (TPSA) is 61.0 Å². The van der Waals surface area contributed by atoms with Crippen LogP contribution in [0.25, 0.3) is 0 Å². The lowest BCUT2D eigenvalue weighted by molar-refractivity contribution is -0.385. The Morgan fingerprint density at radius 1 is 1.60 bits per heavy atom. The molecule has 0 radical (unpaired) electrons. The van der Waals surface area contributed by atoms with Crippen LogP contribution in [-0.4, -0.2) is 26.2 Å². The maximum absolute atomic E-state index is 10.7. The molecule has 1 aromatic rings. The Labute approximate surface area is 92.0 Å². The zero-order valence-corrected chi connectivity index (χ0v) is 9.37. The zero-order chi connectivity index (χ0) is 10.8. The molecule has 5 nitrogen and oxygen atoms in total. The molecule has 1 aromatic heterocycles. The molecule has 2 heterocycles. The molecular weight excluding hydrogens is 214 g/mol.